The van der Waals surface area contributed by atoms with Crippen LogP contribution in [-0.4, -0.2) is 31.5 Å². The van der Waals surface area contributed by atoms with Crippen molar-refractivity contribution in [2.45, 2.75) is 32.0 Å². The molecule has 3 aromatic carbocycles. The summed E-state index contributed by atoms with van der Waals surface area (Å²) >= 11 is 0. The normalized spacial score (nSPS) is 18.6. The second kappa shape index (κ2) is 9.06. The molecule has 6 nitrogen and oxygen atoms in total. The number of benzene rings is 3. The van der Waals surface area contributed by atoms with Gasteiger partial charge in [-0.25, -0.2) is 5.01 Å². The molecule has 3 aromatic rings. The molecule has 0 aromatic heterocycles. The Hall–Kier alpha value is -3.67. The van der Waals surface area contributed by atoms with Gasteiger partial charge >= 0.3 is 0 Å². The molecule has 0 spiro atoms. The molecule has 0 fully saturated rings. The third kappa shape index (κ3) is 4.09. The zero-order valence-corrected chi connectivity index (χ0v) is 19.2. The van der Waals surface area contributed by atoms with Gasteiger partial charge < -0.3 is 18.9 Å². The molecule has 2 aliphatic rings. The van der Waals surface area contributed by atoms with Gasteiger partial charge in [0.1, 0.15) is 23.0 Å². The molecule has 0 N–H and O–H groups in total. The van der Waals surface area contributed by atoms with Gasteiger partial charge in [0.25, 0.3) is 0 Å². The predicted octanol–water partition coefficient (Wildman–Crippen LogP) is 5.73. The van der Waals surface area contributed by atoms with Crippen LogP contribution in [0.2, 0.25) is 0 Å². The van der Waals surface area contributed by atoms with E-state index in [-0.39, 0.29) is 12.3 Å². The maximum absolute atomic E-state index is 6.48. The van der Waals surface area contributed by atoms with Crippen LogP contribution in [0, 0.1) is 0 Å². The minimum atomic E-state index is -0.327. The third-order valence-electron chi connectivity index (χ3n) is 6.06. The molecule has 0 radical (unpaired) electrons. The van der Waals surface area contributed by atoms with Crippen LogP contribution in [-0.2, 0) is 0 Å². The quantitative estimate of drug-likeness (QED) is 0.465. The van der Waals surface area contributed by atoms with E-state index in [1.54, 1.807) is 14.2 Å². The maximum atomic E-state index is 6.48. The first-order valence-corrected chi connectivity index (χ1v) is 11.3. The number of ether oxygens (including phenoxy) is 4. The van der Waals surface area contributed by atoms with Crippen LogP contribution in [0.1, 0.15) is 48.7 Å². The van der Waals surface area contributed by atoms with Crippen molar-refractivity contribution in [2.75, 3.05) is 20.8 Å². The van der Waals surface area contributed by atoms with Gasteiger partial charge in [-0.3, -0.25) is 0 Å². The van der Waals surface area contributed by atoms with Crippen LogP contribution in [0.15, 0.2) is 71.8 Å². The van der Waals surface area contributed by atoms with Crippen molar-refractivity contribution in [3.05, 3.63) is 83.4 Å². The van der Waals surface area contributed by atoms with E-state index < -0.39 is 0 Å². The number of nitrogens with zero attached hydrogens (tertiary/aromatic N) is 2. The molecule has 2 unspecified atom stereocenters. The summed E-state index contributed by atoms with van der Waals surface area (Å²) < 4.78 is 23.0. The Kier molecular flexibility index (Phi) is 5.82. The van der Waals surface area contributed by atoms with E-state index >= 15 is 0 Å². The maximum Gasteiger partial charge on any atom is 0.213 e. The molecule has 2 heterocycles. The molecule has 0 amide bonds. The van der Waals surface area contributed by atoms with E-state index in [9.17, 15) is 0 Å². The fraction of sp³-hybridized carbons (Fsp3) is 0.296. The van der Waals surface area contributed by atoms with Crippen molar-refractivity contribution in [3.8, 4) is 23.0 Å². The van der Waals surface area contributed by atoms with Crippen LogP contribution in [0.4, 0.5) is 0 Å². The second-order valence-corrected chi connectivity index (χ2v) is 8.17. The summed E-state index contributed by atoms with van der Waals surface area (Å²) in [5.41, 5.74) is 4.22. The second-order valence-electron chi connectivity index (χ2n) is 8.17. The topological polar surface area (TPSA) is 52.5 Å². The number of hydrogen-bond donors (Lipinski definition) is 0. The van der Waals surface area contributed by atoms with E-state index in [1.807, 2.05) is 36.4 Å². The largest absolute Gasteiger partial charge is 0.497 e. The van der Waals surface area contributed by atoms with Crippen molar-refractivity contribution < 1.29 is 18.9 Å². The van der Waals surface area contributed by atoms with Gasteiger partial charge in [0, 0.05) is 17.5 Å². The lowest BCUT2D eigenvalue weighted by Gasteiger charge is -2.38. The van der Waals surface area contributed by atoms with Crippen molar-refractivity contribution in [1.82, 2.24) is 5.01 Å². The minimum Gasteiger partial charge on any atom is -0.497 e. The fourth-order valence-electron chi connectivity index (χ4n) is 4.32. The molecule has 0 saturated carbocycles. The Morgan fingerprint density at radius 3 is 2.30 bits per heavy atom. The molecule has 2 atom stereocenters. The molecular formula is C27H28N2O4. The summed E-state index contributed by atoms with van der Waals surface area (Å²) in [4.78, 5) is 0. The smallest absolute Gasteiger partial charge is 0.213 e. The van der Waals surface area contributed by atoms with Gasteiger partial charge in [-0.05, 0) is 78.7 Å². The Morgan fingerprint density at radius 2 is 1.61 bits per heavy atom. The molecule has 0 saturated heterocycles. The first-order chi connectivity index (χ1) is 16.2. The van der Waals surface area contributed by atoms with Crippen LogP contribution < -0.4 is 18.9 Å². The summed E-state index contributed by atoms with van der Waals surface area (Å²) in [5, 5.41) is 7.10. The van der Waals surface area contributed by atoms with Crippen molar-refractivity contribution in [1.29, 1.82) is 0 Å². The van der Waals surface area contributed by atoms with Crippen molar-refractivity contribution in [3.63, 3.8) is 0 Å². The molecule has 6 heteroatoms. The summed E-state index contributed by atoms with van der Waals surface area (Å²) in [6, 6.07) is 22.2. The highest BCUT2D eigenvalue weighted by atomic mass is 16.5. The number of fused-ring (bicyclic) bond motifs is 3. The molecule has 2 aliphatic heterocycles. The minimum absolute atomic E-state index is 0.0574. The van der Waals surface area contributed by atoms with Crippen LogP contribution >= 0.6 is 0 Å². The van der Waals surface area contributed by atoms with Crippen LogP contribution in [0.25, 0.3) is 0 Å². The highest BCUT2D eigenvalue weighted by molar-refractivity contribution is 6.02. The number of methoxy groups -OCH3 is 2. The van der Waals surface area contributed by atoms with Gasteiger partial charge in [0.15, 0.2) is 0 Å². The molecule has 170 valence electrons. The SMILES string of the molecule is CCCOc1ccc(C2Oc3ccc(OC)cc3C3CC(c4ccc(OC)cc4)=NN32)cc1. The lowest BCUT2D eigenvalue weighted by Crippen LogP contribution is -2.33. The zero-order chi connectivity index (χ0) is 22.8. The molecule has 33 heavy (non-hydrogen) atoms. The first-order valence-electron chi connectivity index (χ1n) is 11.3. The van der Waals surface area contributed by atoms with Crippen LogP contribution in [0.3, 0.4) is 0 Å². The summed E-state index contributed by atoms with van der Waals surface area (Å²) in [7, 11) is 3.36. The van der Waals surface area contributed by atoms with Gasteiger partial charge in [-0.1, -0.05) is 6.92 Å². The van der Waals surface area contributed by atoms with Crippen LogP contribution in [0.5, 0.6) is 23.0 Å². The van der Waals surface area contributed by atoms with Crippen molar-refractivity contribution >= 4 is 5.71 Å². The summed E-state index contributed by atoms with van der Waals surface area (Å²) in [6.07, 6.45) is 1.43. The fourth-order valence-corrected chi connectivity index (χ4v) is 4.32. The van der Waals surface area contributed by atoms with Gasteiger partial charge in [0.2, 0.25) is 6.23 Å². The first kappa shape index (κ1) is 21.2. The predicted molar refractivity (Wildman–Crippen MR) is 127 cm³/mol. The molecule has 0 bridgehead atoms. The Bertz CT molecular complexity index is 1140. The summed E-state index contributed by atoms with van der Waals surface area (Å²) in [6.45, 7) is 2.81. The molecular weight excluding hydrogens is 416 g/mol. The number of rotatable bonds is 7. The highest BCUT2D eigenvalue weighted by Crippen LogP contribution is 2.48. The lowest BCUT2D eigenvalue weighted by atomic mass is 9.95. The highest BCUT2D eigenvalue weighted by Gasteiger charge is 2.41. The van der Waals surface area contributed by atoms with Gasteiger partial charge in [-0.2, -0.15) is 5.10 Å². The third-order valence-corrected chi connectivity index (χ3v) is 6.06. The van der Waals surface area contributed by atoms with E-state index in [4.69, 9.17) is 24.0 Å². The zero-order valence-electron chi connectivity index (χ0n) is 19.2. The average molecular weight is 445 g/mol. The molecule has 0 aliphatic carbocycles. The molecule has 5 rings (SSSR count). The Morgan fingerprint density at radius 1 is 0.909 bits per heavy atom. The standard InChI is InChI=1S/C27H28N2O4/c1-4-15-32-21-11-7-19(8-12-21)27-29-25(23-16-22(31-3)13-14-26(23)33-27)17-24(28-29)18-5-9-20(30-2)10-6-18/h5-14,16,25,27H,4,15,17H2,1-3H3. The van der Waals surface area contributed by atoms with Crippen molar-refractivity contribution in [2.24, 2.45) is 5.10 Å². The van der Waals surface area contributed by atoms with E-state index in [0.29, 0.717) is 6.61 Å². The average Bonchev–Trinajstić information content (AvgIpc) is 3.33. The Labute approximate surface area is 194 Å². The number of hydrazone groups is 1. The number of hydrogen-bond acceptors (Lipinski definition) is 6. The monoisotopic (exact) mass is 444 g/mol. The summed E-state index contributed by atoms with van der Waals surface area (Å²) in [5.74, 6) is 3.37. The van der Waals surface area contributed by atoms with E-state index in [1.165, 1.54) is 0 Å². The van der Waals surface area contributed by atoms with Gasteiger partial charge in [0.05, 0.1) is 32.6 Å². The van der Waals surface area contributed by atoms with E-state index in [2.05, 4.69) is 42.3 Å². The van der Waals surface area contributed by atoms with E-state index in [0.717, 1.165) is 58.2 Å². The lowest BCUT2D eigenvalue weighted by molar-refractivity contribution is -0.0191. The van der Waals surface area contributed by atoms with Gasteiger partial charge in [-0.15, -0.1) is 0 Å². The Balaban J connectivity index is 1.51.